The Morgan fingerprint density at radius 2 is 1.94 bits per heavy atom. The van der Waals surface area contributed by atoms with Crippen molar-refractivity contribution in [2.24, 2.45) is 10.9 Å². The van der Waals surface area contributed by atoms with Crippen LogP contribution >= 0.6 is 0 Å². The standard InChI is InChI=1S/C16H27N/c1-8-10-16(17-7)14(6)11-13(5)15(9-2)12(3)4/h9,11-12H,6,8,10H2,1-5,7H3/b13-11-,15-9-,17-16?. The van der Waals surface area contributed by atoms with Crippen LogP contribution in [0.1, 0.15) is 47.5 Å². The Kier molecular flexibility index (Phi) is 7.53. The molecule has 0 N–H and O–H groups in total. The van der Waals surface area contributed by atoms with E-state index in [-0.39, 0.29) is 0 Å². The minimum Gasteiger partial charge on any atom is -0.292 e. The Bertz CT molecular complexity index is 341. The fourth-order valence-corrected chi connectivity index (χ4v) is 2.10. The Hall–Kier alpha value is -1.11. The highest BCUT2D eigenvalue weighted by atomic mass is 14.7. The van der Waals surface area contributed by atoms with Crippen LogP contribution in [-0.4, -0.2) is 12.8 Å². The lowest BCUT2D eigenvalue weighted by Gasteiger charge is -2.13. The molecule has 0 unspecified atom stereocenters. The molecule has 0 fully saturated rings. The molecule has 0 aromatic carbocycles. The van der Waals surface area contributed by atoms with Gasteiger partial charge in [-0.25, -0.2) is 0 Å². The molecule has 0 aliphatic heterocycles. The summed E-state index contributed by atoms with van der Waals surface area (Å²) < 4.78 is 0. The lowest BCUT2D eigenvalue weighted by atomic mass is 9.93. The zero-order valence-electron chi connectivity index (χ0n) is 12.3. The summed E-state index contributed by atoms with van der Waals surface area (Å²) in [5.41, 5.74) is 4.85. The van der Waals surface area contributed by atoms with Crippen LogP contribution in [0.15, 0.2) is 40.4 Å². The summed E-state index contributed by atoms with van der Waals surface area (Å²) in [5, 5.41) is 0. The van der Waals surface area contributed by atoms with E-state index < -0.39 is 0 Å². The van der Waals surface area contributed by atoms with Crippen molar-refractivity contribution in [1.82, 2.24) is 0 Å². The SMILES string of the molecule is C=C(/C=C(C)\C(=C/C)C(C)C)C(CCC)=NC. The number of hydrogen-bond donors (Lipinski definition) is 0. The molecule has 1 heteroatoms. The van der Waals surface area contributed by atoms with E-state index in [0.29, 0.717) is 5.92 Å². The molecule has 0 heterocycles. The molecule has 96 valence electrons. The molecular formula is C16H27N. The van der Waals surface area contributed by atoms with E-state index in [1.165, 1.54) is 11.1 Å². The molecule has 0 spiro atoms. The molecule has 0 saturated carbocycles. The van der Waals surface area contributed by atoms with Crippen LogP contribution in [0.3, 0.4) is 0 Å². The van der Waals surface area contributed by atoms with Gasteiger partial charge >= 0.3 is 0 Å². The van der Waals surface area contributed by atoms with Crippen LogP contribution in [0, 0.1) is 5.92 Å². The third-order valence-corrected chi connectivity index (χ3v) is 2.91. The zero-order valence-corrected chi connectivity index (χ0v) is 12.3. The fraction of sp³-hybridized carbons (Fsp3) is 0.562. The molecule has 0 bridgehead atoms. The monoisotopic (exact) mass is 233 g/mol. The van der Waals surface area contributed by atoms with Crippen LogP contribution < -0.4 is 0 Å². The molecule has 0 aromatic heterocycles. The second-order valence-electron chi connectivity index (χ2n) is 4.67. The van der Waals surface area contributed by atoms with E-state index in [1.807, 2.05) is 7.05 Å². The normalized spacial score (nSPS) is 14.4. The number of allylic oxidation sites excluding steroid dienone is 5. The van der Waals surface area contributed by atoms with Gasteiger partial charge in [0.2, 0.25) is 0 Å². The predicted octanol–water partition coefficient (Wildman–Crippen LogP) is 4.96. The number of rotatable bonds is 6. The van der Waals surface area contributed by atoms with Crippen molar-refractivity contribution in [3.8, 4) is 0 Å². The third-order valence-electron chi connectivity index (χ3n) is 2.91. The minimum atomic E-state index is 0.553. The third kappa shape index (κ3) is 5.16. The van der Waals surface area contributed by atoms with E-state index in [9.17, 15) is 0 Å². The lowest BCUT2D eigenvalue weighted by molar-refractivity contribution is 0.775. The van der Waals surface area contributed by atoms with Gasteiger partial charge < -0.3 is 0 Å². The van der Waals surface area contributed by atoms with Crippen molar-refractivity contribution in [2.45, 2.75) is 47.5 Å². The summed E-state index contributed by atoms with van der Waals surface area (Å²) in [4.78, 5) is 4.31. The Labute approximate surface area is 107 Å². The van der Waals surface area contributed by atoms with Gasteiger partial charge in [-0.3, -0.25) is 4.99 Å². The van der Waals surface area contributed by atoms with Crippen molar-refractivity contribution in [3.05, 3.63) is 35.5 Å². The van der Waals surface area contributed by atoms with Gasteiger partial charge in [-0.15, -0.1) is 0 Å². The van der Waals surface area contributed by atoms with E-state index in [0.717, 1.165) is 24.1 Å². The maximum atomic E-state index is 4.31. The molecule has 17 heavy (non-hydrogen) atoms. The zero-order chi connectivity index (χ0) is 13.4. The average molecular weight is 233 g/mol. The minimum absolute atomic E-state index is 0.553. The highest BCUT2D eigenvalue weighted by Gasteiger charge is 2.06. The van der Waals surface area contributed by atoms with Crippen LogP contribution in [0.4, 0.5) is 0 Å². The van der Waals surface area contributed by atoms with Crippen LogP contribution in [0.5, 0.6) is 0 Å². The van der Waals surface area contributed by atoms with Crippen molar-refractivity contribution < 1.29 is 0 Å². The Morgan fingerprint density at radius 3 is 2.29 bits per heavy atom. The van der Waals surface area contributed by atoms with Crippen LogP contribution in [0.2, 0.25) is 0 Å². The Morgan fingerprint density at radius 1 is 1.35 bits per heavy atom. The first kappa shape index (κ1) is 15.9. The van der Waals surface area contributed by atoms with Gasteiger partial charge in [-0.05, 0) is 42.9 Å². The van der Waals surface area contributed by atoms with Crippen molar-refractivity contribution >= 4 is 5.71 Å². The van der Waals surface area contributed by atoms with Crippen LogP contribution in [-0.2, 0) is 0 Å². The topological polar surface area (TPSA) is 12.4 Å². The summed E-state index contributed by atoms with van der Waals surface area (Å²) in [7, 11) is 1.85. The van der Waals surface area contributed by atoms with Crippen molar-refractivity contribution in [3.63, 3.8) is 0 Å². The quantitative estimate of drug-likeness (QED) is 0.454. The summed E-state index contributed by atoms with van der Waals surface area (Å²) >= 11 is 0. The first-order valence-corrected chi connectivity index (χ1v) is 6.47. The number of aliphatic imine (C=N–C) groups is 1. The van der Waals surface area contributed by atoms with Gasteiger partial charge in [0, 0.05) is 12.8 Å². The largest absolute Gasteiger partial charge is 0.292 e. The van der Waals surface area contributed by atoms with Gasteiger partial charge in [0.1, 0.15) is 0 Å². The van der Waals surface area contributed by atoms with E-state index >= 15 is 0 Å². The molecular weight excluding hydrogens is 206 g/mol. The number of nitrogens with zero attached hydrogens (tertiary/aromatic N) is 1. The molecule has 0 aliphatic carbocycles. The molecule has 1 nitrogen and oxygen atoms in total. The van der Waals surface area contributed by atoms with E-state index in [2.05, 4.69) is 58.3 Å². The summed E-state index contributed by atoms with van der Waals surface area (Å²) in [6.45, 7) is 15.0. The molecule has 0 aromatic rings. The lowest BCUT2D eigenvalue weighted by Crippen LogP contribution is -2.02. The molecule has 0 amide bonds. The first-order valence-electron chi connectivity index (χ1n) is 6.47. The van der Waals surface area contributed by atoms with Gasteiger partial charge in [-0.1, -0.05) is 45.9 Å². The van der Waals surface area contributed by atoms with E-state index in [1.54, 1.807) is 0 Å². The van der Waals surface area contributed by atoms with Gasteiger partial charge in [0.05, 0.1) is 0 Å². The smallest absolute Gasteiger partial charge is 0.0411 e. The van der Waals surface area contributed by atoms with Gasteiger partial charge in [-0.2, -0.15) is 0 Å². The molecule has 0 rings (SSSR count). The van der Waals surface area contributed by atoms with Crippen LogP contribution in [0.25, 0.3) is 0 Å². The van der Waals surface area contributed by atoms with Gasteiger partial charge in [0.15, 0.2) is 0 Å². The molecule has 0 radical (unpaired) electrons. The maximum absolute atomic E-state index is 4.31. The molecule has 0 aliphatic rings. The molecule has 0 atom stereocenters. The number of hydrogen-bond acceptors (Lipinski definition) is 1. The summed E-state index contributed by atoms with van der Waals surface area (Å²) in [5.74, 6) is 0.553. The summed E-state index contributed by atoms with van der Waals surface area (Å²) in [6.07, 6.45) is 6.46. The Balaban J connectivity index is 4.97. The van der Waals surface area contributed by atoms with E-state index in [4.69, 9.17) is 0 Å². The molecule has 0 saturated heterocycles. The summed E-state index contributed by atoms with van der Waals surface area (Å²) in [6, 6.07) is 0. The van der Waals surface area contributed by atoms with Gasteiger partial charge in [0.25, 0.3) is 0 Å². The maximum Gasteiger partial charge on any atom is 0.0411 e. The highest BCUT2D eigenvalue weighted by Crippen LogP contribution is 2.20. The average Bonchev–Trinajstić information content (AvgIpc) is 2.25. The fourth-order valence-electron chi connectivity index (χ4n) is 2.10. The first-order chi connectivity index (χ1) is 7.97. The van der Waals surface area contributed by atoms with Crippen molar-refractivity contribution in [2.75, 3.05) is 7.05 Å². The second-order valence-corrected chi connectivity index (χ2v) is 4.67. The van der Waals surface area contributed by atoms with Crippen molar-refractivity contribution in [1.29, 1.82) is 0 Å². The predicted molar refractivity (Wildman–Crippen MR) is 79.8 cm³/mol. The highest BCUT2D eigenvalue weighted by molar-refractivity contribution is 6.02. The second kappa shape index (κ2) is 8.05.